The molecule has 3 heteroatoms. The molecule has 1 aromatic carbocycles. The number of hydrogen-bond acceptors (Lipinski definition) is 3. The quantitative estimate of drug-likeness (QED) is 0.827. The fourth-order valence-electron chi connectivity index (χ4n) is 1.30. The Morgan fingerprint density at radius 1 is 1.13 bits per heavy atom. The van der Waals surface area contributed by atoms with Crippen LogP contribution in [-0.4, -0.2) is 24.9 Å². The molecule has 0 aliphatic carbocycles. The lowest BCUT2D eigenvalue weighted by molar-refractivity contribution is -0.0793. The van der Waals surface area contributed by atoms with Gasteiger partial charge in [-0.15, -0.1) is 0 Å². The van der Waals surface area contributed by atoms with Crippen molar-refractivity contribution in [2.75, 3.05) is 14.2 Å². The van der Waals surface area contributed by atoms with Crippen LogP contribution in [0, 0.1) is 0 Å². The van der Waals surface area contributed by atoms with E-state index in [9.17, 15) is 5.11 Å². The highest BCUT2D eigenvalue weighted by atomic mass is 16.5. The van der Waals surface area contributed by atoms with E-state index in [0.29, 0.717) is 0 Å². The van der Waals surface area contributed by atoms with Gasteiger partial charge in [-0.05, 0) is 31.5 Å². The van der Waals surface area contributed by atoms with Crippen LogP contribution in [0.5, 0.6) is 5.75 Å². The van der Waals surface area contributed by atoms with Crippen molar-refractivity contribution in [2.45, 2.75) is 25.6 Å². The maximum absolute atomic E-state index is 10.0. The molecule has 0 saturated carbocycles. The lowest BCUT2D eigenvalue weighted by Gasteiger charge is -2.29. The predicted molar refractivity (Wildman–Crippen MR) is 59.0 cm³/mol. The van der Waals surface area contributed by atoms with Gasteiger partial charge in [-0.2, -0.15) is 0 Å². The second-order valence-electron chi connectivity index (χ2n) is 3.98. The first kappa shape index (κ1) is 12.0. The molecule has 3 nitrogen and oxygen atoms in total. The molecule has 1 aromatic rings. The van der Waals surface area contributed by atoms with E-state index in [4.69, 9.17) is 9.47 Å². The molecule has 0 aromatic heterocycles. The van der Waals surface area contributed by atoms with Gasteiger partial charge in [-0.3, -0.25) is 0 Å². The van der Waals surface area contributed by atoms with Crippen LogP contribution < -0.4 is 4.74 Å². The molecule has 84 valence electrons. The maximum Gasteiger partial charge on any atom is 0.118 e. The van der Waals surface area contributed by atoms with Gasteiger partial charge in [0.2, 0.25) is 0 Å². The minimum absolute atomic E-state index is 0.589. The Labute approximate surface area is 90.6 Å². The molecule has 0 spiro atoms. The zero-order valence-corrected chi connectivity index (χ0v) is 9.65. The Balaban J connectivity index is 2.87. The summed E-state index contributed by atoms with van der Waals surface area (Å²) in [4.78, 5) is 0. The summed E-state index contributed by atoms with van der Waals surface area (Å²) in [6, 6.07) is 7.32. The molecule has 15 heavy (non-hydrogen) atoms. The molecular weight excluding hydrogens is 192 g/mol. The molecule has 1 rings (SSSR count). The third kappa shape index (κ3) is 2.70. The monoisotopic (exact) mass is 210 g/mol. The van der Waals surface area contributed by atoms with Crippen LogP contribution in [0.3, 0.4) is 0 Å². The maximum atomic E-state index is 10.0. The van der Waals surface area contributed by atoms with Gasteiger partial charge >= 0.3 is 0 Å². The topological polar surface area (TPSA) is 38.7 Å². The number of aliphatic hydroxyl groups excluding tert-OH is 1. The first-order chi connectivity index (χ1) is 7.01. The lowest BCUT2D eigenvalue weighted by atomic mass is 9.94. The zero-order valence-electron chi connectivity index (χ0n) is 9.65. The van der Waals surface area contributed by atoms with Crippen molar-refractivity contribution in [2.24, 2.45) is 0 Å². The first-order valence-corrected chi connectivity index (χ1v) is 4.88. The highest BCUT2D eigenvalue weighted by Crippen LogP contribution is 2.28. The summed E-state index contributed by atoms with van der Waals surface area (Å²) in [5, 5.41) is 10.0. The van der Waals surface area contributed by atoms with E-state index in [1.54, 1.807) is 14.2 Å². The lowest BCUT2D eigenvalue weighted by Crippen LogP contribution is -2.31. The summed E-state index contributed by atoms with van der Waals surface area (Å²) in [5.74, 6) is 0.779. The molecule has 0 aliphatic rings. The number of hydrogen-bond donors (Lipinski definition) is 1. The molecule has 0 heterocycles. The molecule has 1 atom stereocenters. The van der Waals surface area contributed by atoms with Gasteiger partial charge in [0.25, 0.3) is 0 Å². The summed E-state index contributed by atoms with van der Waals surface area (Å²) in [6.07, 6.45) is -0.645. The van der Waals surface area contributed by atoms with Crippen molar-refractivity contribution in [1.29, 1.82) is 0 Å². The molecule has 0 saturated heterocycles. The molecule has 1 N–H and O–H groups in total. The smallest absolute Gasteiger partial charge is 0.118 e. The summed E-state index contributed by atoms with van der Waals surface area (Å²) in [5.41, 5.74) is 0.233. The highest BCUT2D eigenvalue weighted by Gasteiger charge is 2.28. The van der Waals surface area contributed by atoms with E-state index in [-0.39, 0.29) is 0 Å². The number of methoxy groups -OCH3 is 2. The largest absolute Gasteiger partial charge is 0.497 e. The summed E-state index contributed by atoms with van der Waals surface area (Å²) < 4.78 is 10.3. The number of ether oxygens (including phenoxy) is 2. The van der Waals surface area contributed by atoms with Crippen molar-refractivity contribution in [3.05, 3.63) is 29.8 Å². The average molecular weight is 210 g/mol. The van der Waals surface area contributed by atoms with Crippen LogP contribution in [0.2, 0.25) is 0 Å². The van der Waals surface area contributed by atoms with Gasteiger partial charge in [-0.25, -0.2) is 0 Å². The van der Waals surface area contributed by atoms with E-state index < -0.39 is 11.7 Å². The number of benzene rings is 1. The van der Waals surface area contributed by atoms with Gasteiger partial charge in [0, 0.05) is 7.11 Å². The number of rotatable bonds is 4. The van der Waals surface area contributed by atoms with Gasteiger partial charge < -0.3 is 14.6 Å². The second-order valence-corrected chi connectivity index (χ2v) is 3.98. The predicted octanol–water partition coefficient (Wildman–Crippen LogP) is 2.15. The fourth-order valence-corrected chi connectivity index (χ4v) is 1.30. The Kier molecular flexibility index (Phi) is 3.72. The molecule has 0 amide bonds. The Bertz CT molecular complexity index is 303. The van der Waals surface area contributed by atoms with Crippen molar-refractivity contribution in [3.8, 4) is 5.75 Å². The third-order valence-electron chi connectivity index (χ3n) is 2.62. The van der Waals surface area contributed by atoms with Gasteiger partial charge in [0.15, 0.2) is 0 Å². The minimum atomic E-state index is -0.645. The van der Waals surface area contributed by atoms with Crippen LogP contribution in [0.1, 0.15) is 25.5 Å². The van der Waals surface area contributed by atoms with Gasteiger partial charge in [0.05, 0.1) is 12.7 Å². The molecule has 0 fully saturated rings. The van der Waals surface area contributed by atoms with E-state index >= 15 is 0 Å². The zero-order chi connectivity index (χ0) is 11.5. The van der Waals surface area contributed by atoms with E-state index in [2.05, 4.69) is 0 Å². The van der Waals surface area contributed by atoms with Crippen molar-refractivity contribution in [1.82, 2.24) is 0 Å². The summed E-state index contributed by atoms with van der Waals surface area (Å²) in [6.45, 7) is 3.70. The minimum Gasteiger partial charge on any atom is -0.497 e. The van der Waals surface area contributed by atoms with E-state index in [0.717, 1.165) is 11.3 Å². The van der Waals surface area contributed by atoms with Crippen LogP contribution in [0.15, 0.2) is 24.3 Å². The fraction of sp³-hybridized carbons (Fsp3) is 0.500. The Morgan fingerprint density at radius 2 is 1.67 bits per heavy atom. The van der Waals surface area contributed by atoms with Gasteiger partial charge in [0.1, 0.15) is 11.9 Å². The van der Waals surface area contributed by atoms with Crippen LogP contribution in [0.25, 0.3) is 0 Å². The van der Waals surface area contributed by atoms with Crippen LogP contribution in [-0.2, 0) is 4.74 Å². The van der Waals surface area contributed by atoms with E-state index in [1.807, 2.05) is 38.1 Å². The first-order valence-electron chi connectivity index (χ1n) is 4.88. The van der Waals surface area contributed by atoms with E-state index in [1.165, 1.54) is 0 Å². The van der Waals surface area contributed by atoms with Crippen molar-refractivity contribution in [3.63, 3.8) is 0 Å². The molecular formula is C12H18O3. The molecule has 0 bridgehead atoms. The van der Waals surface area contributed by atoms with Gasteiger partial charge in [-0.1, -0.05) is 12.1 Å². The molecule has 0 radical (unpaired) electrons. The van der Waals surface area contributed by atoms with Crippen LogP contribution >= 0.6 is 0 Å². The average Bonchev–Trinajstić information content (AvgIpc) is 2.28. The number of aliphatic hydroxyl groups is 1. The summed E-state index contributed by atoms with van der Waals surface area (Å²) >= 11 is 0. The second kappa shape index (κ2) is 4.64. The summed E-state index contributed by atoms with van der Waals surface area (Å²) in [7, 11) is 3.21. The van der Waals surface area contributed by atoms with Crippen molar-refractivity contribution >= 4 is 0 Å². The molecule has 1 unspecified atom stereocenters. The highest BCUT2D eigenvalue weighted by molar-refractivity contribution is 5.29. The van der Waals surface area contributed by atoms with Crippen molar-refractivity contribution < 1.29 is 14.6 Å². The SMILES string of the molecule is COc1ccc(C(O)C(C)(C)OC)cc1. The normalized spacial score (nSPS) is 13.7. The standard InChI is InChI=1S/C12H18O3/c1-12(2,15-4)11(13)9-5-7-10(14-3)8-6-9/h5-8,11,13H,1-4H3. The Hall–Kier alpha value is -1.06. The Morgan fingerprint density at radius 3 is 2.07 bits per heavy atom. The third-order valence-corrected chi connectivity index (χ3v) is 2.62. The van der Waals surface area contributed by atoms with Crippen LogP contribution in [0.4, 0.5) is 0 Å². The molecule has 0 aliphatic heterocycles.